The van der Waals surface area contributed by atoms with E-state index >= 15 is 0 Å². The molecule has 2 N–H and O–H groups in total. The fraction of sp³-hybridized carbons (Fsp3) is 0.417. The predicted octanol–water partition coefficient (Wildman–Crippen LogP) is 5.23. The molecule has 32 heavy (non-hydrogen) atoms. The number of nitrogens with zero attached hydrogens (tertiary/aromatic N) is 3. The van der Waals surface area contributed by atoms with E-state index in [1.165, 1.54) is 12.1 Å². The maximum Gasteiger partial charge on any atom is 0.416 e. The largest absolute Gasteiger partial charge is 0.416 e. The number of hydrogen-bond donors (Lipinski definition) is 2. The zero-order valence-electron chi connectivity index (χ0n) is 18.3. The van der Waals surface area contributed by atoms with Crippen LogP contribution in [0.5, 0.6) is 0 Å². The highest BCUT2D eigenvalue weighted by Crippen LogP contribution is 2.30. The van der Waals surface area contributed by atoms with Gasteiger partial charge in [-0.25, -0.2) is 4.98 Å². The van der Waals surface area contributed by atoms with E-state index in [9.17, 15) is 13.2 Å². The van der Waals surface area contributed by atoms with Gasteiger partial charge in [0.2, 0.25) is 5.95 Å². The molecule has 170 valence electrons. The Kier molecular flexibility index (Phi) is 6.50. The number of rotatable bonds is 6. The van der Waals surface area contributed by atoms with Crippen LogP contribution in [0.3, 0.4) is 0 Å². The number of aromatic nitrogens is 2. The van der Waals surface area contributed by atoms with E-state index < -0.39 is 11.7 Å². The number of benzene rings is 2. The van der Waals surface area contributed by atoms with E-state index in [4.69, 9.17) is 4.98 Å². The van der Waals surface area contributed by atoms with Gasteiger partial charge in [0, 0.05) is 38.1 Å². The van der Waals surface area contributed by atoms with Gasteiger partial charge in [-0.15, -0.1) is 0 Å². The Morgan fingerprint density at radius 1 is 0.938 bits per heavy atom. The first-order valence-corrected chi connectivity index (χ1v) is 10.9. The normalized spacial score (nSPS) is 19.2. The lowest BCUT2D eigenvalue weighted by molar-refractivity contribution is -0.137. The zero-order chi connectivity index (χ0) is 22.7. The van der Waals surface area contributed by atoms with Crippen molar-refractivity contribution in [2.24, 2.45) is 0 Å². The minimum atomic E-state index is -4.31. The summed E-state index contributed by atoms with van der Waals surface area (Å²) < 4.78 is 38.7. The van der Waals surface area contributed by atoms with Crippen molar-refractivity contribution < 1.29 is 13.2 Å². The van der Waals surface area contributed by atoms with Crippen LogP contribution < -0.4 is 15.5 Å². The Morgan fingerprint density at radius 3 is 2.38 bits per heavy atom. The molecule has 0 unspecified atom stereocenters. The molecule has 0 radical (unpaired) electrons. The molecule has 1 heterocycles. The van der Waals surface area contributed by atoms with E-state index in [0.29, 0.717) is 18.1 Å². The number of anilines is 2. The molecule has 4 rings (SSSR count). The molecule has 8 heteroatoms. The monoisotopic (exact) mass is 443 g/mol. The van der Waals surface area contributed by atoms with Crippen LogP contribution in [0, 0.1) is 0 Å². The summed E-state index contributed by atoms with van der Waals surface area (Å²) in [7, 11) is 3.94. The quantitative estimate of drug-likeness (QED) is 0.547. The Morgan fingerprint density at radius 2 is 1.66 bits per heavy atom. The third-order valence-electron chi connectivity index (χ3n) is 5.92. The number of fused-ring (bicyclic) bond motifs is 1. The first-order chi connectivity index (χ1) is 15.3. The van der Waals surface area contributed by atoms with Crippen LogP contribution in [-0.4, -0.2) is 36.1 Å². The highest BCUT2D eigenvalue weighted by molar-refractivity contribution is 5.90. The van der Waals surface area contributed by atoms with Gasteiger partial charge in [-0.05, 0) is 49.4 Å². The van der Waals surface area contributed by atoms with Gasteiger partial charge in [-0.3, -0.25) is 0 Å². The van der Waals surface area contributed by atoms with E-state index in [-0.39, 0.29) is 12.1 Å². The molecule has 3 aromatic rings. The van der Waals surface area contributed by atoms with Gasteiger partial charge >= 0.3 is 6.18 Å². The van der Waals surface area contributed by atoms with Gasteiger partial charge in [-0.2, -0.15) is 18.2 Å². The van der Waals surface area contributed by atoms with Gasteiger partial charge in [-0.1, -0.05) is 30.3 Å². The van der Waals surface area contributed by atoms with Gasteiger partial charge in [0.05, 0.1) is 11.1 Å². The van der Waals surface area contributed by atoms with Crippen LogP contribution in [0.1, 0.15) is 36.8 Å². The summed E-state index contributed by atoms with van der Waals surface area (Å²) in [6, 6.07) is 14.1. The van der Waals surface area contributed by atoms with Crippen molar-refractivity contribution in [3.63, 3.8) is 0 Å². The van der Waals surface area contributed by atoms with Crippen LogP contribution in [0.15, 0.2) is 48.5 Å². The molecule has 1 aliphatic rings. The molecule has 5 nitrogen and oxygen atoms in total. The fourth-order valence-corrected chi connectivity index (χ4v) is 4.21. The maximum absolute atomic E-state index is 12.9. The lowest BCUT2D eigenvalue weighted by atomic mass is 9.91. The second-order valence-corrected chi connectivity index (χ2v) is 8.55. The first kappa shape index (κ1) is 22.3. The molecule has 1 aliphatic carbocycles. The average molecular weight is 444 g/mol. The van der Waals surface area contributed by atoms with E-state index in [0.717, 1.165) is 48.5 Å². The molecular formula is C24H28F3N5. The Bertz CT molecular complexity index is 1060. The zero-order valence-corrected chi connectivity index (χ0v) is 18.3. The second kappa shape index (κ2) is 9.32. The maximum atomic E-state index is 12.9. The van der Waals surface area contributed by atoms with Crippen molar-refractivity contribution in [1.29, 1.82) is 0 Å². The van der Waals surface area contributed by atoms with Crippen LogP contribution in [-0.2, 0) is 12.7 Å². The van der Waals surface area contributed by atoms with Crippen LogP contribution in [0.2, 0.25) is 0 Å². The summed E-state index contributed by atoms with van der Waals surface area (Å²) in [6.07, 6.45) is -0.506. The van der Waals surface area contributed by atoms with Crippen LogP contribution in [0.4, 0.5) is 24.9 Å². The number of alkyl halides is 3. The van der Waals surface area contributed by atoms with Gasteiger partial charge in [0.25, 0.3) is 0 Å². The van der Waals surface area contributed by atoms with E-state index in [1.807, 2.05) is 43.3 Å². The standard InChI is InChI=1S/C24H28F3N5/c1-32(2)22-20-8-3-4-9-21(20)30-23(31-22)29-19-12-10-18(11-13-19)28-15-16-6-5-7-17(14-16)24(25,26)27/h3-9,14,18-19,28H,10-13,15H2,1-2H3,(H,29,30,31)/t18-,19+. The van der Waals surface area contributed by atoms with Gasteiger partial charge < -0.3 is 15.5 Å². The molecule has 0 amide bonds. The lowest BCUT2D eigenvalue weighted by Crippen LogP contribution is -2.37. The summed E-state index contributed by atoms with van der Waals surface area (Å²) in [6.45, 7) is 0.437. The van der Waals surface area contributed by atoms with Gasteiger partial charge in [0.1, 0.15) is 5.82 Å². The smallest absolute Gasteiger partial charge is 0.362 e. The number of nitrogens with one attached hydrogen (secondary N) is 2. The second-order valence-electron chi connectivity index (χ2n) is 8.55. The SMILES string of the molecule is CN(C)c1nc(N[C@H]2CC[C@@H](NCc3cccc(C(F)(F)F)c3)CC2)nc2ccccc12. The van der Waals surface area contributed by atoms with E-state index in [1.54, 1.807) is 6.07 Å². The first-order valence-electron chi connectivity index (χ1n) is 10.9. The van der Waals surface area contributed by atoms with Crippen molar-refractivity contribution in [1.82, 2.24) is 15.3 Å². The highest BCUT2D eigenvalue weighted by atomic mass is 19.4. The van der Waals surface area contributed by atoms with Crippen molar-refractivity contribution in [2.75, 3.05) is 24.3 Å². The molecular weight excluding hydrogens is 415 g/mol. The molecule has 1 aromatic heterocycles. The van der Waals surface area contributed by atoms with Crippen LogP contribution in [0.25, 0.3) is 10.9 Å². The third-order valence-corrected chi connectivity index (χ3v) is 5.92. The molecule has 0 spiro atoms. The Balaban J connectivity index is 1.33. The number of para-hydroxylation sites is 1. The van der Waals surface area contributed by atoms with Crippen LogP contribution >= 0.6 is 0 Å². The summed E-state index contributed by atoms with van der Waals surface area (Å²) in [4.78, 5) is 11.4. The number of hydrogen-bond acceptors (Lipinski definition) is 5. The molecule has 0 atom stereocenters. The third kappa shape index (κ3) is 5.30. The minimum absolute atomic E-state index is 0.276. The highest BCUT2D eigenvalue weighted by Gasteiger charge is 2.30. The molecule has 0 saturated heterocycles. The van der Waals surface area contributed by atoms with Crippen molar-refractivity contribution >= 4 is 22.7 Å². The lowest BCUT2D eigenvalue weighted by Gasteiger charge is -2.30. The van der Waals surface area contributed by atoms with Gasteiger partial charge in [0.15, 0.2) is 0 Å². The van der Waals surface area contributed by atoms with Crippen molar-refractivity contribution in [3.05, 3.63) is 59.7 Å². The van der Waals surface area contributed by atoms with Crippen molar-refractivity contribution in [3.8, 4) is 0 Å². The average Bonchev–Trinajstić information content (AvgIpc) is 2.77. The summed E-state index contributed by atoms with van der Waals surface area (Å²) in [5.41, 5.74) is 0.961. The Labute approximate surface area is 186 Å². The molecule has 2 aromatic carbocycles. The summed E-state index contributed by atoms with van der Waals surface area (Å²) in [5.74, 6) is 1.52. The molecule has 0 bridgehead atoms. The predicted molar refractivity (Wildman–Crippen MR) is 122 cm³/mol. The minimum Gasteiger partial charge on any atom is -0.362 e. The molecule has 0 aliphatic heterocycles. The summed E-state index contributed by atoms with van der Waals surface area (Å²) >= 11 is 0. The van der Waals surface area contributed by atoms with E-state index in [2.05, 4.69) is 15.6 Å². The topological polar surface area (TPSA) is 53.1 Å². The Hall–Kier alpha value is -2.87. The molecule has 1 fully saturated rings. The number of halogens is 3. The summed E-state index contributed by atoms with van der Waals surface area (Å²) in [5, 5.41) is 7.92. The fourth-order valence-electron chi connectivity index (χ4n) is 4.21. The molecule has 1 saturated carbocycles. The van der Waals surface area contributed by atoms with Crippen molar-refractivity contribution in [2.45, 2.75) is 50.5 Å².